The average Bonchev–Trinajstić information content (AvgIpc) is 2.25. The molecule has 0 radical (unpaired) electrons. The van der Waals surface area contributed by atoms with Gasteiger partial charge < -0.3 is 11.5 Å². The van der Waals surface area contributed by atoms with Gasteiger partial charge in [0.2, 0.25) is 0 Å². The maximum Gasteiger partial charge on any atom is 0.0452 e. The minimum Gasteiger partial charge on any atom is -0.398 e. The van der Waals surface area contributed by atoms with Gasteiger partial charge in [-0.2, -0.15) is 0 Å². The number of hydrogen-bond donors (Lipinski definition) is 2. The van der Waals surface area contributed by atoms with Crippen molar-refractivity contribution in [2.24, 2.45) is 11.1 Å². The van der Waals surface area contributed by atoms with Crippen molar-refractivity contribution in [1.29, 1.82) is 0 Å². The molecule has 0 bridgehead atoms. The lowest BCUT2D eigenvalue weighted by atomic mass is 9.65. The molecule has 2 rings (SSSR count). The molecule has 0 atom stereocenters. The summed E-state index contributed by atoms with van der Waals surface area (Å²) in [5.41, 5.74) is 14.4. The van der Waals surface area contributed by atoms with Crippen LogP contribution >= 0.6 is 11.8 Å². The fourth-order valence-corrected chi connectivity index (χ4v) is 3.00. The normalized spacial score (nSPS) is 18.1. The van der Waals surface area contributed by atoms with Crippen LogP contribution < -0.4 is 11.5 Å². The number of anilines is 1. The van der Waals surface area contributed by atoms with E-state index in [1.165, 1.54) is 29.7 Å². The third-order valence-corrected chi connectivity index (χ3v) is 4.52. The van der Waals surface area contributed by atoms with E-state index in [2.05, 4.69) is 18.4 Å². The first-order valence-electron chi connectivity index (χ1n) is 5.82. The van der Waals surface area contributed by atoms with E-state index >= 15 is 0 Å². The molecule has 0 amide bonds. The third kappa shape index (κ3) is 2.20. The lowest BCUT2D eigenvalue weighted by Gasteiger charge is -2.41. The van der Waals surface area contributed by atoms with Crippen molar-refractivity contribution in [2.75, 3.05) is 18.5 Å². The molecule has 2 nitrogen and oxygen atoms in total. The molecule has 1 fully saturated rings. The number of nitrogens with two attached hydrogens (primary N) is 2. The molecule has 0 aromatic heterocycles. The first-order chi connectivity index (χ1) is 7.69. The van der Waals surface area contributed by atoms with Crippen molar-refractivity contribution >= 4 is 17.4 Å². The summed E-state index contributed by atoms with van der Waals surface area (Å²) in [6.45, 7) is 0.811. The van der Waals surface area contributed by atoms with E-state index in [4.69, 9.17) is 11.5 Å². The van der Waals surface area contributed by atoms with Gasteiger partial charge in [-0.15, -0.1) is 11.8 Å². The molecule has 16 heavy (non-hydrogen) atoms. The Morgan fingerprint density at radius 2 is 2.12 bits per heavy atom. The molecular formula is C13H20N2S. The standard InChI is InChI=1S/C13H20N2S/c1-16-12-7-10(3-4-11(12)15)8-13(9-14)5-2-6-13/h3-4,7H,2,5-6,8-9,14-15H2,1H3. The summed E-state index contributed by atoms with van der Waals surface area (Å²) in [6, 6.07) is 6.38. The summed E-state index contributed by atoms with van der Waals surface area (Å²) in [5, 5.41) is 0. The lowest BCUT2D eigenvalue weighted by Crippen LogP contribution is -2.39. The molecule has 0 unspecified atom stereocenters. The Morgan fingerprint density at radius 1 is 1.38 bits per heavy atom. The molecule has 3 heteroatoms. The predicted octanol–water partition coefficient (Wildman–Crippen LogP) is 2.66. The van der Waals surface area contributed by atoms with Crippen LogP contribution in [0.4, 0.5) is 5.69 Å². The molecular weight excluding hydrogens is 216 g/mol. The van der Waals surface area contributed by atoms with Gasteiger partial charge in [-0.05, 0) is 55.2 Å². The van der Waals surface area contributed by atoms with Crippen LogP contribution in [-0.2, 0) is 6.42 Å². The van der Waals surface area contributed by atoms with Crippen molar-refractivity contribution in [1.82, 2.24) is 0 Å². The van der Waals surface area contributed by atoms with Crippen LogP contribution in [0.15, 0.2) is 23.1 Å². The number of benzene rings is 1. The fourth-order valence-electron chi connectivity index (χ4n) is 2.43. The van der Waals surface area contributed by atoms with E-state index in [0.29, 0.717) is 5.41 Å². The van der Waals surface area contributed by atoms with Gasteiger partial charge in [-0.25, -0.2) is 0 Å². The van der Waals surface area contributed by atoms with Crippen LogP contribution in [0.25, 0.3) is 0 Å². The lowest BCUT2D eigenvalue weighted by molar-refractivity contribution is 0.145. The molecule has 4 N–H and O–H groups in total. The molecule has 1 aliphatic carbocycles. The van der Waals surface area contributed by atoms with Crippen LogP contribution in [-0.4, -0.2) is 12.8 Å². The van der Waals surface area contributed by atoms with Gasteiger partial charge in [0, 0.05) is 10.6 Å². The highest BCUT2D eigenvalue weighted by Gasteiger charge is 2.35. The van der Waals surface area contributed by atoms with Crippen LogP contribution in [0, 0.1) is 5.41 Å². The largest absolute Gasteiger partial charge is 0.398 e. The Morgan fingerprint density at radius 3 is 2.62 bits per heavy atom. The van der Waals surface area contributed by atoms with Crippen molar-refractivity contribution in [3.8, 4) is 0 Å². The number of thioether (sulfide) groups is 1. The average molecular weight is 236 g/mol. The Hall–Kier alpha value is -0.670. The predicted molar refractivity (Wildman–Crippen MR) is 71.7 cm³/mol. The summed E-state index contributed by atoms with van der Waals surface area (Å²) >= 11 is 1.71. The van der Waals surface area contributed by atoms with E-state index in [9.17, 15) is 0 Å². The monoisotopic (exact) mass is 236 g/mol. The van der Waals surface area contributed by atoms with Crippen LogP contribution in [0.3, 0.4) is 0 Å². The second kappa shape index (κ2) is 4.68. The Kier molecular flexibility index (Phi) is 3.45. The third-order valence-electron chi connectivity index (χ3n) is 3.72. The summed E-state index contributed by atoms with van der Waals surface area (Å²) in [4.78, 5) is 1.18. The van der Waals surface area contributed by atoms with E-state index < -0.39 is 0 Å². The molecule has 0 saturated heterocycles. The van der Waals surface area contributed by atoms with Crippen LogP contribution in [0.1, 0.15) is 24.8 Å². The first kappa shape index (κ1) is 11.8. The van der Waals surface area contributed by atoms with E-state index in [1.54, 1.807) is 11.8 Å². The molecule has 1 aliphatic rings. The van der Waals surface area contributed by atoms with Crippen LogP contribution in [0.5, 0.6) is 0 Å². The maximum atomic E-state index is 5.90. The Balaban J connectivity index is 2.15. The minimum atomic E-state index is 0.381. The zero-order valence-electron chi connectivity index (χ0n) is 9.83. The van der Waals surface area contributed by atoms with Crippen molar-refractivity contribution in [2.45, 2.75) is 30.6 Å². The van der Waals surface area contributed by atoms with Gasteiger partial charge in [0.1, 0.15) is 0 Å². The second-order valence-electron chi connectivity index (χ2n) is 4.81. The van der Waals surface area contributed by atoms with Crippen molar-refractivity contribution in [3.63, 3.8) is 0 Å². The topological polar surface area (TPSA) is 52.0 Å². The molecule has 1 aromatic carbocycles. The fraction of sp³-hybridized carbons (Fsp3) is 0.538. The highest BCUT2D eigenvalue weighted by molar-refractivity contribution is 7.98. The second-order valence-corrected chi connectivity index (χ2v) is 5.66. The summed E-state index contributed by atoms with van der Waals surface area (Å²) in [6.07, 6.45) is 7.07. The van der Waals surface area contributed by atoms with E-state index in [-0.39, 0.29) is 0 Å². The molecule has 88 valence electrons. The quantitative estimate of drug-likeness (QED) is 0.624. The number of nitrogen functional groups attached to an aromatic ring is 1. The first-order valence-corrected chi connectivity index (χ1v) is 7.04. The van der Waals surface area contributed by atoms with E-state index in [1.807, 2.05) is 6.07 Å². The minimum absolute atomic E-state index is 0.381. The zero-order valence-corrected chi connectivity index (χ0v) is 10.6. The molecule has 0 heterocycles. The van der Waals surface area contributed by atoms with Gasteiger partial charge in [0.25, 0.3) is 0 Å². The highest BCUT2D eigenvalue weighted by Crippen LogP contribution is 2.43. The smallest absolute Gasteiger partial charge is 0.0452 e. The molecule has 0 spiro atoms. The zero-order chi connectivity index (χ0) is 11.6. The van der Waals surface area contributed by atoms with Gasteiger partial charge >= 0.3 is 0 Å². The molecule has 1 saturated carbocycles. The van der Waals surface area contributed by atoms with Crippen LogP contribution in [0.2, 0.25) is 0 Å². The Labute approximate surface area is 102 Å². The van der Waals surface area contributed by atoms with Gasteiger partial charge in [0.05, 0.1) is 0 Å². The maximum absolute atomic E-state index is 5.90. The molecule has 1 aromatic rings. The van der Waals surface area contributed by atoms with Crippen molar-refractivity contribution < 1.29 is 0 Å². The molecule has 0 aliphatic heterocycles. The van der Waals surface area contributed by atoms with Crippen molar-refractivity contribution in [3.05, 3.63) is 23.8 Å². The Bertz CT molecular complexity index is 367. The van der Waals surface area contributed by atoms with Gasteiger partial charge in [-0.1, -0.05) is 12.5 Å². The SMILES string of the molecule is CSc1cc(CC2(CN)CCC2)ccc1N. The van der Waals surface area contributed by atoms with Gasteiger partial charge in [-0.3, -0.25) is 0 Å². The van der Waals surface area contributed by atoms with E-state index in [0.717, 1.165) is 18.7 Å². The number of rotatable bonds is 4. The summed E-state index contributed by atoms with van der Waals surface area (Å²) in [5.74, 6) is 0. The number of hydrogen-bond acceptors (Lipinski definition) is 3. The van der Waals surface area contributed by atoms with Gasteiger partial charge in [0.15, 0.2) is 0 Å². The highest BCUT2D eigenvalue weighted by atomic mass is 32.2. The summed E-state index contributed by atoms with van der Waals surface area (Å²) in [7, 11) is 0. The summed E-state index contributed by atoms with van der Waals surface area (Å²) < 4.78 is 0.